The third-order valence-corrected chi connectivity index (χ3v) is 5.42. The maximum atomic E-state index is 12.8. The number of nitrogens with one attached hydrogen (secondary N) is 1. The van der Waals surface area contributed by atoms with Crippen molar-refractivity contribution in [2.75, 3.05) is 11.9 Å². The number of carbonyl (C=O) groups is 1. The Bertz CT molecular complexity index is 1290. The minimum absolute atomic E-state index is 0.255. The van der Waals surface area contributed by atoms with Crippen molar-refractivity contribution in [3.8, 4) is 17.2 Å². The zero-order valence-corrected chi connectivity index (χ0v) is 18.6. The van der Waals surface area contributed by atoms with E-state index < -0.39 is 0 Å². The van der Waals surface area contributed by atoms with E-state index in [-0.39, 0.29) is 5.91 Å². The monoisotopic (exact) mass is 434 g/mol. The van der Waals surface area contributed by atoms with E-state index in [9.17, 15) is 4.79 Å². The Morgan fingerprint density at radius 1 is 1.13 bits per heavy atom. The number of hydrogen-bond acceptors (Lipinski definition) is 4. The first-order valence-corrected chi connectivity index (χ1v) is 10.5. The van der Waals surface area contributed by atoms with Crippen molar-refractivity contribution in [2.24, 2.45) is 0 Å². The molecule has 0 saturated heterocycles. The molecule has 158 valence electrons. The van der Waals surface area contributed by atoms with E-state index in [1.165, 1.54) is 0 Å². The summed E-state index contributed by atoms with van der Waals surface area (Å²) in [4.78, 5) is 17.5. The van der Waals surface area contributed by atoms with Crippen molar-refractivity contribution >= 4 is 34.3 Å². The standard InChI is InChI=1S/C25H23ClN2O3/c1-5-30-22-10-9-17(13-19(22)26)24(29)27-20-8-6-7-18(16(20)4)25-28-21-12-14(2)11-15(3)23(21)31-25/h6-13H,5H2,1-4H3,(H,27,29). The SMILES string of the molecule is CCOc1ccc(C(=O)Nc2cccc(-c3nc4cc(C)cc(C)c4o3)c2C)cc1Cl. The summed E-state index contributed by atoms with van der Waals surface area (Å²) in [5.74, 6) is 0.830. The first kappa shape index (κ1) is 20.9. The second kappa shape index (κ2) is 8.44. The number of rotatable bonds is 5. The van der Waals surface area contributed by atoms with Crippen LogP contribution in [0.5, 0.6) is 5.75 Å². The molecule has 5 nitrogen and oxygen atoms in total. The highest BCUT2D eigenvalue weighted by Gasteiger charge is 2.16. The molecule has 3 aromatic carbocycles. The number of benzene rings is 3. The summed E-state index contributed by atoms with van der Waals surface area (Å²) in [7, 11) is 0. The summed E-state index contributed by atoms with van der Waals surface area (Å²) in [5.41, 5.74) is 6.61. The molecule has 0 aliphatic rings. The number of fused-ring (bicyclic) bond motifs is 1. The van der Waals surface area contributed by atoms with Crippen molar-refractivity contribution in [3.05, 3.63) is 75.8 Å². The van der Waals surface area contributed by atoms with Crippen LogP contribution in [0.3, 0.4) is 0 Å². The van der Waals surface area contributed by atoms with E-state index in [4.69, 9.17) is 20.8 Å². The Kier molecular flexibility index (Phi) is 5.70. The maximum Gasteiger partial charge on any atom is 0.255 e. The number of carbonyl (C=O) groups excluding carboxylic acids is 1. The van der Waals surface area contributed by atoms with Crippen molar-refractivity contribution in [3.63, 3.8) is 0 Å². The van der Waals surface area contributed by atoms with Gasteiger partial charge in [0.15, 0.2) is 5.58 Å². The average molecular weight is 435 g/mol. The molecule has 0 aliphatic heterocycles. The molecule has 1 heterocycles. The van der Waals surface area contributed by atoms with E-state index in [0.717, 1.165) is 33.4 Å². The fourth-order valence-electron chi connectivity index (χ4n) is 3.60. The molecule has 0 spiro atoms. The Hall–Kier alpha value is -3.31. The molecule has 0 saturated carbocycles. The van der Waals surface area contributed by atoms with Crippen molar-refractivity contribution in [1.82, 2.24) is 4.98 Å². The molecule has 1 N–H and O–H groups in total. The number of anilines is 1. The van der Waals surface area contributed by atoms with Crippen molar-refractivity contribution < 1.29 is 13.9 Å². The molecule has 0 bridgehead atoms. The van der Waals surface area contributed by atoms with Crippen LogP contribution in [0.15, 0.2) is 52.9 Å². The van der Waals surface area contributed by atoms with Gasteiger partial charge in [-0.05, 0) is 80.8 Å². The molecule has 0 radical (unpaired) electrons. The van der Waals surface area contributed by atoms with Crippen molar-refractivity contribution in [1.29, 1.82) is 0 Å². The highest BCUT2D eigenvalue weighted by atomic mass is 35.5. The third-order valence-electron chi connectivity index (χ3n) is 5.13. The lowest BCUT2D eigenvalue weighted by atomic mass is 10.1. The Morgan fingerprint density at radius 3 is 2.68 bits per heavy atom. The van der Waals surface area contributed by atoms with Gasteiger partial charge in [-0.25, -0.2) is 4.98 Å². The fourth-order valence-corrected chi connectivity index (χ4v) is 3.84. The van der Waals surface area contributed by atoms with Crippen LogP contribution in [0.25, 0.3) is 22.6 Å². The predicted octanol–water partition coefficient (Wildman–Crippen LogP) is 6.72. The molecular formula is C25H23ClN2O3. The first-order chi connectivity index (χ1) is 14.9. The quantitative estimate of drug-likeness (QED) is 0.378. The minimum atomic E-state index is -0.255. The van der Waals surface area contributed by atoms with Gasteiger partial charge in [0.25, 0.3) is 5.91 Å². The van der Waals surface area contributed by atoms with Crippen LogP contribution in [-0.2, 0) is 0 Å². The largest absolute Gasteiger partial charge is 0.492 e. The number of aromatic nitrogens is 1. The van der Waals surface area contributed by atoms with Gasteiger partial charge >= 0.3 is 0 Å². The first-order valence-electron chi connectivity index (χ1n) is 10.1. The number of oxazole rings is 1. The van der Waals surface area contributed by atoms with Crippen LogP contribution in [0.2, 0.25) is 5.02 Å². The minimum Gasteiger partial charge on any atom is -0.492 e. The zero-order valence-electron chi connectivity index (χ0n) is 17.9. The summed E-state index contributed by atoms with van der Waals surface area (Å²) >= 11 is 6.23. The maximum absolute atomic E-state index is 12.8. The number of aryl methyl sites for hydroxylation is 2. The second-order valence-electron chi connectivity index (χ2n) is 7.46. The molecule has 1 aromatic heterocycles. The van der Waals surface area contributed by atoms with Gasteiger partial charge in [-0.15, -0.1) is 0 Å². The zero-order chi connectivity index (χ0) is 22.1. The summed E-state index contributed by atoms with van der Waals surface area (Å²) in [6, 6.07) is 14.7. The molecule has 0 atom stereocenters. The number of amides is 1. The van der Waals surface area contributed by atoms with Gasteiger partial charge in [-0.1, -0.05) is 23.7 Å². The molecule has 4 rings (SSSR count). The van der Waals surface area contributed by atoms with Gasteiger partial charge in [-0.3, -0.25) is 4.79 Å². The van der Waals surface area contributed by atoms with E-state index in [1.807, 2.05) is 52.0 Å². The van der Waals surface area contributed by atoms with Crippen LogP contribution in [-0.4, -0.2) is 17.5 Å². The van der Waals surface area contributed by atoms with Gasteiger partial charge in [0.2, 0.25) is 5.89 Å². The van der Waals surface area contributed by atoms with Gasteiger partial charge in [0.05, 0.1) is 11.6 Å². The molecule has 0 aliphatic carbocycles. The third kappa shape index (κ3) is 4.14. The van der Waals surface area contributed by atoms with Crippen LogP contribution in [0, 0.1) is 20.8 Å². The van der Waals surface area contributed by atoms with Crippen LogP contribution in [0.1, 0.15) is 34.0 Å². The van der Waals surface area contributed by atoms with E-state index in [2.05, 4.69) is 16.4 Å². The summed E-state index contributed by atoms with van der Waals surface area (Å²) in [5, 5.41) is 3.36. The summed E-state index contributed by atoms with van der Waals surface area (Å²) in [6.07, 6.45) is 0. The van der Waals surface area contributed by atoms with Crippen LogP contribution in [0.4, 0.5) is 5.69 Å². The molecule has 1 amide bonds. The lowest BCUT2D eigenvalue weighted by Crippen LogP contribution is -2.13. The van der Waals surface area contributed by atoms with Crippen LogP contribution >= 0.6 is 11.6 Å². The lowest BCUT2D eigenvalue weighted by molar-refractivity contribution is 0.102. The molecule has 4 aromatic rings. The highest BCUT2D eigenvalue weighted by Crippen LogP contribution is 2.32. The Morgan fingerprint density at radius 2 is 1.94 bits per heavy atom. The van der Waals surface area contributed by atoms with E-state index in [1.54, 1.807) is 18.2 Å². The van der Waals surface area contributed by atoms with Crippen molar-refractivity contribution in [2.45, 2.75) is 27.7 Å². The molecule has 6 heteroatoms. The molecule has 31 heavy (non-hydrogen) atoms. The van der Waals surface area contributed by atoms with E-state index in [0.29, 0.717) is 34.5 Å². The van der Waals surface area contributed by atoms with Gasteiger partial charge < -0.3 is 14.5 Å². The predicted molar refractivity (Wildman–Crippen MR) is 124 cm³/mol. The normalized spacial score (nSPS) is 11.0. The summed E-state index contributed by atoms with van der Waals surface area (Å²) in [6.45, 7) is 8.37. The average Bonchev–Trinajstić information content (AvgIpc) is 3.15. The smallest absolute Gasteiger partial charge is 0.255 e. The van der Waals surface area contributed by atoms with Crippen LogP contribution < -0.4 is 10.1 Å². The fraction of sp³-hybridized carbons (Fsp3) is 0.200. The molecule has 0 unspecified atom stereocenters. The lowest BCUT2D eigenvalue weighted by Gasteiger charge is -2.12. The molecule has 0 fully saturated rings. The highest BCUT2D eigenvalue weighted by molar-refractivity contribution is 6.32. The van der Waals surface area contributed by atoms with Gasteiger partial charge in [0.1, 0.15) is 11.3 Å². The topological polar surface area (TPSA) is 64.4 Å². The second-order valence-corrected chi connectivity index (χ2v) is 7.87. The van der Waals surface area contributed by atoms with E-state index >= 15 is 0 Å². The van der Waals surface area contributed by atoms with Gasteiger partial charge in [-0.2, -0.15) is 0 Å². The number of ether oxygens (including phenoxy) is 1. The number of halogens is 1. The van der Waals surface area contributed by atoms with Gasteiger partial charge in [0, 0.05) is 16.8 Å². The number of nitrogens with zero attached hydrogens (tertiary/aromatic N) is 1. The Labute approximate surface area is 186 Å². The number of hydrogen-bond donors (Lipinski definition) is 1. The summed E-state index contributed by atoms with van der Waals surface area (Å²) < 4.78 is 11.5. The molecular weight excluding hydrogens is 412 g/mol. The Balaban J connectivity index is 1.64.